The molecule has 128 valence electrons. The van der Waals surface area contributed by atoms with Gasteiger partial charge in [0.15, 0.2) is 0 Å². The maximum absolute atomic E-state index is 6.91. The molecule has 22 heavy (non-hydrogen) atoms. The van der Waals surface area contributed by atoms with E-state index in [0.29, 0.717) is 31.8 Å². The fourth-order valence-corrected chi connectivity index (χ4v) is 4.39. The molecular weight excluding hydrogens is 301 g/mol. The van der Waals surface area contributed by atoms with Gasteiger partial charge in [0.2, 0.25) is 6.54 Å². The lowest BCUT2D eigenvalue weighted by Gasteiger charge is -2.37. The van der Waals surface area contributed by atoms with Gasteiger partial charge in [-0.2, -0.15) is 0 Å². The van der Waals surface area contributed by atoms with E-state index in [2.05, 4.69) is 42.5 Å². The van der Waals surface area contributed by atoms with Crippen molar-refractivity contribution in [1.82, 2.24) is 9.99 Å². The highest BCUT2D eigenvalue weighted by atomic mass is 31.2. The Hall–Kier alpha value is -0.280. The highest BCUT2D eigenvalue weighted by Gasteiger charge is 2.39. The van der Waals surface area contributed by atoms with Gasteiger partial charge in [0.05, 0.1) is 18.8 Å². The predicted octanol–water partition coefficient (Wildman–Crippen LogP) is 2.66. The van der Waals surface area contributed by atoms with Crippen LogP contribution in [0.2, 0.25) is 0 Å². The topological polar surface area (TPSA) is 47.3 Å². The standard InChI is InChI=1S/C15H30N3O3P/c1-11(2)18(12(3)4)22(20-9-8-16-6)21-15-13(5)19-10-14(15)17-7/h11-15,17H,8-10H2,1-5,7H3/t13?,14-,15+,22?/m0/s1. The minimum atomic E-state index is -1.21. The van der Waals surface area contributed by atoms with Crippen molar-refractivity contribution in [3.05, 3.63) is 11.4 Å². The third-order valence-electron chi connectivity index (χ3n) is 3.63. The molecule has 4 atom stereocenters. The Bertz CT molecular complexity index is 354. The normalized spacial score (nSPS) is 26.8. The molecule has 1 saturated heterocycles. The van der Waals surface area contributed by atoms with Crippen molar-refractivity contribution in [2.75, 3.05) is 26.8 Å². The zero-order valence-electron chi connectivity index (χ0n) is 14.6. The zero-order valence-corrected chi connectivity index (χ0v) is 15.5. The Morgan fingerprint density at radius 1 is 1.36 bits per heavy atom. The summed E-state index contributed by atoms with van der Waals surface area (Å²) < 4.78 is 20.2. The first-order valence-corrected chi connectivity index (χ1v) is 9.05. The van der Waals surface area contributed by atoms with Gasteiger partial charge < -0.3 is 23.9 Å². The van der Waals surface area contributed by atoms with E-state index in [1.807, 2.05) is 14.0 Å². The molecule has 7 heteroatoms. The number of hydrogen-bond donors (Lipinski definition) is 1. The van der Waals surface area contributed by atoms with Crippen LogP contribution in [0.15, 0.2) is 0 Å². The SMILES string of the molecule is [C-]#[N+]CCOP(O[C@@H]1C(C)OC[C@@H]1NC)N(C(C)C)C(C)C. The van der Waals surface area contributed by atoms with Gasteiger partial charge in [-0.1, -0.05) is 0 Å². The third-order valence-corrected chi connectivity index (χ3v) is 5.76. The lowest BCUT2D eigenvalue weighted by molar-refractivity contribution is 0.0531. The molecule has 0 saturated carbocycles. The van der Waals surface area contributed by atoms with Crippen LogP contribution in [0.4, 0.5) is 0 Å². The van der Waals surface area contributed by atoms with Crippen LogP contribution in [0, 0.1) is 6.57 Å². The average Bonchev–Trinajstić information content (AvgIpc) is 2.79. The largest absolute Gasteiger partial charge is 0.374 e. The number of hydrogen-bond acceptors (Lipinski definition) is 5. The first kappa shape index (κ1) is 19.8. The van der Waals surface area contributed by atoms with Crippen LogP contribution in [0.3, 0.4) is 0 Å². The molecule has 1 rings (SSSR count). The molecule has 2 unspecified atom stereocenters. The first-order chi connectivity index (χ1) is 10.4. The maximum atomic E-state index is 6.91. The molecule has 0 aromatic carbocycles. The summed E-state index contributed by atoms with van der Waals surface area (Å²) in [6, 6.07) is 0.792. The summed E-state index contributed by atoms with van der Waals surface area (Å²) in [4.78, 5) is 3.36. The number of nitrogens with zero attached hydrogens (tertiary/aromatic N) is 2. The molecule has 0 spiro atoms. The van der Waals surface area contributed by atoms with E-state index in [1.165, 1.54) is 0 Å². The monoisotopic (exact) mass is 331 g/mol. The van der Waals surface area contributed by atoms with Crippen molar-refractivity contribution < 1.29 is 13.8 Å². The van der Waals surface area contributed by atoms with Gasteiger partial charge in [-0.15, -0.1) is 0 Å². The summed E-state index contributed by atoms with van der Waals surface area (Å²) in [6.07, 6.45) is -0.00265. The quantitative estimate of drug-likeness (QED) is 0.400. The van der Waals surface area contributed by atoms with Gasteiger partial charge in [0, 0.05) is 12.1 Å². The van der Waals surface area contributed by atoms with Gasteiger partial charge >= 0.3 is 0 Å². The van der Waals surface area contributed by atoms with E-state index in [-0.39, 0.29) is 18.2 Å². The van der Waals surface area contributed by atoms with Crippen LogP contribution in [0.5, 0.6) is 0 Å². The molecule has 1 fully saturated rings. The van der Waals surface area contributed by atoms with Crippen molar-refractivity contribution in [2.45, 2.75) is 65.0 Å². The Kier molecular flexibility index (Phi) is 8.78. The number of nitrogens with one attached hydrogen (secondary N) is 1. The lowest BCUT2D eigenvalue weighted by atomic mass is 10.1. The second-order valence-corrected chi connectivity index (χ2v) is 7.43. The highest BCUT2D eigenvalue weighted by molar-refractivity contribution is 7.44. The molecule has 1 N–H and O–H groups in total. The van der Waals surface area contributed by atoms with Gasteiger partial charge in [-0.3, -0.25) is 0 Å². The minimum Gasteiger partial charge on any atom is -0.374 e. The molecule has 0 radical (unpaired) electrons. The summed E-state index contributed by atoms with van der Waals surface area (Å²) in [5, 5.41) is 3.25. The van der Waals surface area contributed by atoms with E-state index in [9.17, 15) is 0 Å². The second kappa shape index (κ2) is 9.77. The Balaban J connectivity index is 2.82. The molecule has 0 aliphatic carbocycles. The van der Waals surface area contributed by atoms with Crippen LogP contribution >= 0.6 is 8.53 Å². The summed E-state index contributed by atoms with van der Waals surface area (Å²) in [5.74, 6) is 0. The molecule has 1 aliphatic heterocycles. The summed E-state index contributed by atoms with van der Waals surface area (Å²) in [7, 11) is 0.709. The number of ether oxygens (including phenoxy) is 1. The van der Waals surface area contributed by atoms with E-state index < -0.39 is 8.53 Å². The van der Waals surface area contributed by atoms with Crippen molar-refractivity contribution in [2.24, 2.45) is 0 Å². The summed E-state index contributed by atoms with van der Waals surface area (Å²) in [6.45, 7) is 18.9. The van der Waals surface area contributed by atoms with Crippen molar-refractivity contribution >= 4 is 8.53 Å². The van der Waals surface area contributed by atoms with Gasteiger partial charge in [0.25, 0.3) is 8.53 Å². The van der Waals surface area contributed by atoms with Crippen LogP contribution in [-0.4, -0.2) is 61.8 Å². The molecule has 0 amide bonds. The maximum Gasteiger partial charge on any atom is 0.259 e. The van der Waals surface area contributed by atoms with E-state index in [0.717, 1.165) is 0 Å². The minimum absolute atomic E-state index is 0.0353. The molecule has 0 bridgehead atoms. The Morgan fingerprint density at radius 3 is 2.50 bits per heavy atom. The van der Waals surface area contributed by atoms with Crippen molar-refractivity contribution in [3.63, 3.8) is 0 Å². The van der Waals surface area contributed by atoms with Gasteiger partial charge in [-0.05, 0) is 41.7 Å². The summed E-state index contributed by atoms with van der Waals surface area (Å²) in [5.41, 5.74) is 0. The molecule has 0 aromatic heterocycles. The lowest BCUT2D eigenvalue weighted by Crippen LogP contribution is -2.42. The van der Waals surface area contributed by atoms with E-state index in [4.69, 9.17) is 20.4 Å². The third kappa shape index (κ3) is 5.42. The molecule has 1 aliphatic rings. The van der Waals surface area contributed by atoms with Crippen LogP contribution in [0.1, 0.15) is 34.6 Å². The predicted molar refractivity (Wildman–Crippen MR) is 89.6 cm³/mol. The summed E-state index contributed by atoms with van der Waals surface area (Å²) >= 11 is 0. The highest BCUT2D eigenvalue weighted by Crippen LogP contribution is 2.48. The number of rotatable bonds is 9. The van der Waals surface area contributed by atoms with Gasteiger partial charge in [-0.25, -0.2) is 11.2 Å². The zero-order chi connectivity index (χ0) is 16.7. The van der Waals surface area contributed by atoms with Crippen molar-refractivity contribution in [3.8, 4) is 0 Å². The molecule has 6 nitrogen and oxygen atoms in total. The molecule has 0 aromatic rings. The molecule has 1 heterocycles. The second-order valence-electron chi connectivity index (χ2n) is 6.02. The van der Waals surface area contributed by atoms with E-state index >= 15 is 0 Å². The van der Waals surface area contributed by atoms with Crippen LogP contribution < -0.4 is 5.32 Å². The fourth-order valence-electron chi connectivity index (χ4n) is 2.57. The van der Waals surface area contributed by atoms with Crippen LogP contribution in [0.25, 0.3) is 4.85 Å². The van der Waals surface area contributed by atoms with Crippen molar-refractivity contribution in [1.29, 1.82) is 0 Å². The Morgan fingerprint density at radius 2 is 2.00 bits per heavy atom. The fraction of sp³-hybridized carbons (Fsp3) is 0.933. The Labute approximate surface area is 136 Å². The van der Waals surface area contributed by atoms with Crippen LogP contribution in [-0.2, 0) is 13.8 Å². The molecular formula is C15H30N3O3P. The number of likely N-dealkylation sites (N-methyl/N-ethyl adjacent to an activating group) is 1. The van der Waals surface area contributed by atoms with E-state index in [1.54, 1.807) is 0 Å². The average molecular weight is 331 g/mol. The first-order valence-electron chi connectivity index (χ1n) is 7.92. The van der Waals surface area contributed by atoms with Gasteiger partial charge in [0.1, 0.15) is 12.7 Å². The smallest absolute Gasteiger partial charge is 0.259 e.